The minimum absolute atomic E-state index is 0.0478. The zero-order chi connectivity index (χ0) is 11.7. The molecule has 2 heterocycles. The van der Waals surface area contributed by atoms with Crippen LogP contribution in [0.1, 0.15) is 38.5 Å². The van der Waals surface area contributed by atoms with Gasteiger partial charge in [-0.1, -0.05) is 6.42 Å². The van der Waals surface area contributed by atoms with Gasteiger partial charge in [-0.05, 0) is 55.4 Å². The van der Waals surface area contributed by atoms with Crippen molar-refractivity contribution in [3.63, 3.8) is 0 Å². The number of aliphatic carboxylic acids is 1. The van der Waals surface area contributed by atoms with Crippen molar-refractivity contribution in [2.75, 3.05) is 19.6 Å². The topological polar surface area (TPSA) is 40.5 Å². The fourth-order valence-electron chi connectivity index (χ4n) is 6.01. The molecular formula is C14H21NO2. The molecule has 2 saturated heterocycles. The van der Waals surface area contributed by atoms with Gasteiger partial charge in [-0.2, -0.15) is 0 Å². The smallest absolute Gasteiger partial charge is 0.306 e. The average Bonchev–Trinajstić information content (AvgIpc) is 2.93. The van der Waals surface area contributed by atoms with Gasteiger partial charge in [-0.15, -0.1) is 0 Å². The zero-order valence-electron chi connectivity index (χ0n) is 10.3. The van der Waals surface area contributed by atoms with Crippen LogP contribution in [-0.4, -0.2) is 35.6 Å². The van der Waals surface area contributed by atoms with Gasteiger partial charge in [0.25, 0.3) is 0 Å². The molecule has 2 saturated carbocycles. The van der Waals surface area contributed by atoms with E-state index in [1.807, 2.05) is 0 Å². The summed E-state index contributed by atoms with van der Waals surface area (Å²) in [6, 6.07) is 0. The van der Waals surface area contributed by atoms with Crippen LogP contribution in [0.15, 0.2) is 0 Å². The number of hydrogen-bond acceptors (Lipinski definition) is 2. The maximum Gasteiger partial charge on any atom is 0.306 e. The molecule has 5 atom stereocenters. The first-order valence-electron chi connectivity index (χ1n) is 7.12. The molecule has 4 fully saturated rings. The summed E-state index contributed by atoms with van der Waals surface area (Å²) in [4.78, 5) is 14.0. The Morgan fingerprint density at radius 1 is 1.24 bits per heavy atom. The predicted octanol–water partition coefficient (Wildman–Crippen LogP) is 1.97. The van der Waals surface area contributed by atoms with Gasteiger partial charge >= 0.3 is 5.97 Å². The van der Waals surface area contributed by atoms with Crippen LogP contribution < -0.4 is 0 Å². The van der Waals surface area contributed by atoms with Crippen molar-refractivity contribution < 1.29 is 9.90 Å². The van der Waals surface area contributed by atoms with Gasteiger partial charge in [0.2, 0.25) is 0 Å². The van der Waals surface area contributed by atoms with Gasteiger partial charge in [0.1, 0.15) is 0 Å². The second kappa shape index (κ2) is 3.05. The van der Waals surface area contributed by atoms with Gasteiger partial charge in [0, 0.05) is 13.1 Å². The fraction of sp³-hybridized carbons (Fsp3) is 0.929. The Bertz CT molecular complexity index is 382. The molecule has 0 amide bonds. The van der Waals surface area contributed by atoms with Crippen molar-refractivity contribution in [3.8, 4) is 0 Å². The van der Waals surface area contributed by atoms with Gasteiger partial charge < -0.3 is 10.0 Å². The molecule has 2 aliphatic heterocycles. The number of carboxylic acid groups (broad SMARTS) is 1. The lowest BCUT2D eigenvalue weighted by Gasteiger charge is -2.50. The third kappa shape index (κ3) is 1.05. The molecule has 4 aliphatic rings. The minimum Gasteiger partial charge on any atom is -0.481 e. The Morgan fingerprint density at radius 2 is 2.12 bits per heavy atom. The molecule has 17 heavy (non-hydrogen) atoms. The molecule has 2 aliphatic carbocycles. The van der Waals surface area contributed by atoms with E-state index in [0.29, 0.717) is 16.7 Å². The molecule has 3 heteroatoms. The Labute approximate surface area is 102 Å². The standard InChI is InChI=1S/C14H21NO2/c16-12(17)10-2-5-14-4-1-3-13(14)6-7-15(9-13)8-11(10)14/h10-11H,1-9H2,(H,16,17). The highest BCUT2D eigenvalue weighted by molar-refractivity contribution is 5.71. The summed E-state index contributed by atoms with van der Waals surface area (Å²) < 4.78 is 0. The highest BCUT2D eigenvalue weighted by atomic mass is 16.4. The summed E-state index contributed by atoms with van der Waals surface area (Å²) >= 11 is 0. The Morgan fingerprint density at radius 3 is 2.94 bits per heavy atom. The van der Waals surface area contributed by atoms with Crippen molar-refractivity contribution in [1.82, 2.24) is 4.90 Å². The normalized spacial score (nSPS) is 55.6. The lowest BCUT2D eigenvalue weighted by molar-refractivity contribution is -0.145. The van der Waals surface area contributed by atoms with Crippen LogP contribution in [0.25, 0.3) is 0 Å². The summed E-state index contributed by atoms with van der Waals surface area (Å²) in [5, 5.41) is 9.44. The number of carbonyl (C=O) groups is 1. The molecule has 2 bridgehead atoms. The Hall–Kier alpha value is -0.570. The second-order valence-electron chi connectivity index (χ2n) is 6.87. The number of fused-ring (bicyclic) bond motifs is 1. The second-order valence-corrected chi connectivity index (χ2v) is 6.87. The maximum atomic E-state index is 11.5. The van der Waals surface area contributed by atoms with E-state index in [2.05, 4.69) is 4.90 Å². The Balaban J connectivity index is 1.79. The molecule has 0 aromatic rings. The zero-order valence-corrected chi connectivity index (χ0v) is 10.3. The van der Waals surface area contributed by atoms with E-state index in [0.717, 1.165) is 13.0 Å². The van der Waals surface area contributed by atoms with Crippen LogP contribution in [0.4, 0.5) is 0 Å². The highest BCUT2D eigenvalue weighted by Gasteiger charge is 2.67. The van der Waals surface area contributed by atoms with E-state index < -0.39 is 5.97 Å². The molecule has 4 rings (SSSR count). The van der Waals surface area contributed by atoms with E-state index in [1.165, 1.54) is 45.2 Å². The number of rotatable bonds is 1. The van der Waals surface area contributed by atoms with Crippen molar-refractivity contribution in [2.24, 2.45) is 22.7 Å². The molecule has 2 spiro atoms. The quantitative estimate of drug-likeness (QED) is 0.755. The predicted molar refractivity (Wildman–Crippen MR) is 63.6 cm³/mol. The number of hydrogen-bond donors (Lipinski definition) is 1. The van der Waals surface area contributed by atoms with Gasteiger partial charge in [-0.3, -0.25) is 4.79 Å². The average molecular weight is 235 g/mol. The number of carboxylic acids is 1. The monoisotopic (exact) mass is 235 g/mol. The van der Waals surface area contributed by atoms with Gasteiger partial charge in [0.15, 0.2) is 0 Å². The van der Waals surface area contributed by atoms with Crippen LogP contribution in [-0.2, 0) is 4.79 Å². The van der Waals surface area contributed by atoms with Crippen LogP contribution in [0, 0.1) is 22.7 Å². The molecule has 94 valence electrons. The van der Waals surface area contributed by atoms with E-state index in [9.17, 15) is 9.90 Å². The number of piperidine rings is 1. The van der Waals surface area contributed by atoms with Crippen LogP contribution in [0.3, 0.4) is 0 Å². The van der Waals surface area contributed by atoms with Gasteiger partial charge in [-0.25, -0.2) is 0 Å². The Kier molecular flexibility index (Phi) is 1.86. The number of nitrogens with zero attached hydrogens (tertiary/aromatic N) is 1. The SMILES string of the molecule is O=C(O)C1CCC23CCCC24CCN(CC13)C4. The molecule has 3 nitrogen and oxygen atoms in total. The summed E-state index contributed by atoms with van der Waals surface area (Å²) in [7, 11) is 0. The third-order valence-corrected chi connectivity index (χ3v) is 6.64. The van der Waals surface area contributed by atoms with Crippen molar-refractivity contribution in [2.45, 2.75) is 38.5 Å². The summed E-state index contributed by atoms with van der Waals surface area (Å²) in [6.45, 7) is 3.57. The highest BCUT2D eigenvalue weighted by Crippen LogP contribution is 2.70. The van der Waals surface area contributed by atoms with Crippen molar-refractivity contribution in [1.29, 1.82) is 0 Å². The molecule has 5 unspecified atom stereocenters. The summed E-state index contributed by atoms with van der Waals surface area (Å²) in [5.74, 6) is -0.122. The first-order chi connectivity index (χ1) is 8.17. The molecule has 0 aromatic carbocycles. The first-order valence-corrected chi connectivity index (χ1v) is 7.12. The third-order valence-electron chi connectivity index (χ3n) is 6.64. The van der Waals surface area contributed by atoms with E-state index in [-0.39, 0.29) is 5.92 Å². The molecule has 0 aromatic heterocycles. The lowest BCUT2D eigenvalue weighted by atomic mass is 9.57. The van der Waals surface area contributed by atoms with Crippen LogP contribution in [0.2, 0.25) is 0 Å². The van der Waals surface area contributed by atoms with Crippen molar-refractivity contribution in [3.05, 3.63) is 0 Å². The lowest BCUT2D eigenvalue weighted by Crippen LogP contribution is -2.52. The summed E-state index contributed by atoms with van der Waals surface area (Å²) in [6.07, 6.45) is 7.51. The fourth-order valence-corrected chi connectivity index (χ4v) is 6.01. The van der Waals surface area contributed by atoms with Crippen LogP contribution >= 0.6 is 0 Å². The van der Waals surface area contributed by atoms with Crippen molar-refractivity contribution >= 4 is 5.97 Å². The molecule has 0 radical (unpaired) electrons. The minimum atomic E-state index is -0.531. The largest absolute Gasteiger partial charge is 0.481 e. The summed E-state index contributed by atoms with van der Waals surface area (Å²) in [5.41, 5.74) is 0.934. The molecular weight excluding hydrogens is 214 g/mol. The van der Waals surface area contributed by atoms with E-state index >= 15 is 0 Å². The van der Waals surface area contributed by atoms with Gasteiger partial charge in [0.05, 0.1) is 5.92 Å². The maximum absolute atomic E-state index is 11.5. The first kappa shape index (κ1) is 10.4. The van der Waals surface area contributed by atoms with Crippen LogP contribution in [0.5, 0.6) is 0 Å². The van der Waals surface area contributed by atoms with E-state index in [1.54, 1.807) is 0 Å². The molecule has 1 N–H and O–H groups in total. The van der Waals surface area contributed by atoms with E-state index in [4.69, 9.17) is 0 Å².